The molecule has 27 nitrogen and oxygen atoms in total. The number of sulfonamides is 3. The quantitative estimate of drug-likeness (QED) is 0.0210. The molecule has 0 amide bonds. The molecule has 6 heterocycles. The van der Waals surface area contributed by atoms with Crippen LogP contribution >= 0.6 is 55.5 Å². The number of nitrogens with zero attached hydrogens (tertiary/aromatic N) is 6. The standard InChI is InChI=1S/C18H22N2O4S2.C13H18NO3PS2.C13H19NO3S2.C8H10.C7H15NS.C7H8O3S.C6H6O4S.C5H4N2O3.2Na/c1-14-18(2,3)25-13-12-20(14)26(22,23)17-6-4-15(5-7-17)24-16-8-10-19(21)11-9-16;1-10-13(2,3)19-9-8-14(10)20(16,17)12-6-4-11(18-15)5-7-12;1-10-13(2,3)18-9-8-14(10)19(16,17)12-6-4-11(15)5-7-12;1-7-3-5-8(2)6-4-7;1-6-7(2,3)9-5-4-8-6;1-6-2-4-7(5-3-6)11(8,9)10;7-5-1-3-6(4-2-5)11(8,9)10;8-6-3-1-5(2-4-6)7(9)10;;/h4-11,14H,12-13H2,1-3H3;4-7,10H,8-9H2,1-3H3;4-7,10,15H,8-9H2,1-3H3;3-6H,1-2H3;6,8H,4-5H2,1-3H3;2-5H,1H3,(H,8,9,10);1-4,7H,(H,8,9,10);1-4H;;/q;;;;;;;;2*+1/p-2/t14-;2*10-;;6-;;;;;/m000.0...../s1. The summed E-state index contributed by atoms with van der Waals surface area (Å²) in [6.07, 6.45) is 4.84. The van der Waals surface area contributed by atoms with Crippen molar-refractivity contribution in [3.05, 3.63) is 232 Å². The minimum absolute atomic E-state index is 0. The van der Waals surface area contributed by atoms with E-state index in [1.54, 1.807) is 109 Å². The zero-order valence-corrected chi connectivity index (χ0v) is 80.2. The smallest absolute Gasteiger partial charge is 0.744 e. The average molecular weight is 1810 g/mol. The number of nitrogens with one attached hydrogen (secondary N) is 1. The van der Waals surface area contributed by atoms with Crippen LogP contribution in [0.1, 0.15) is 99.8 Å². The third-order valence-corrected chi connectivity index (χ3v) is 32.9. The molecule has 8 aromatic rings. The fourth-order valence-corrected chi connectivity index (χ4v) is 22.3. The second kappa shape index (κ2) is 46.3. The number of aryl methyl sites for hydroxylation is 3. The van der Waals surface area contributed by atoms with Crippen molar-refractivity contribution in [2.75, 3.05) is 49.2 Å². The van der Waals surface area contributed by atoms with Crippen LogP contribution in [-0.4, -0.2) is 172 Å². The van der Waals surface area contributed by atoms with E-state index in [0.717, 1.165) is 71.6 Å². The number of benzene rings is 6. The molecule has 624 valence electrons. The number of phenols is 2. The summed E-state index contributed by atoms with van der Waals surface area (Å²) in [6, 6.07) is 42.8. The van der Waals surface area contributed by atoms with Crippen LogP contribution in [0.15, 0.2) is 219 Å². The van der Waals surface area contributed by atoms with Crippen LogP contribution in [0.4, 0.5) is 5.69 Å². The number of pyridine rings is 2. The molecule has 4 atom stereocenters. The van der Waals surface area contributed by atoms with Gasteiger partial charge in [0.15, 0.2) is 33.2 Å². The Hall–Kier alpha value is -4.97. The molecular weight excluding hydrogens is 1710 g/mol. The maximum atomic E-state index is 13.0. The van der Waals surface area contributed by atoms with Gasteiger partial charge in [-0.15, -0.1) is 0 Å². The van der Waals surface area contributed by atoms with E-state index in [4.69, 9.17) is 9.84 Å². The Morgan fingerprint density at radius 2 is 0.716 bits per heavy atom. The zero-order chi connectivity index (χ0) is 85.6. The van der Waals surface area contributed by atoms with Gasteiger partial charge in [0.2, 0.25) is 30.1 Å². The fraction of sp³-hybridized carbons (Fsp3) is 0.403. The molecule has 39 heteroatoms. The molecule has 0 unspecified atom stereocenters. The van der Waals surface area contributed by atoms with Crippen molar-refractivity contribution >= 4 is 117 Å². The van der Waals surface area contributed by atoms with Crippen LogP contribution in [0.25, 0.3) is 0 Å². The van der Waals surface area contributed by atoms with Gasteiger partial charge in [-0.25, -0.2) is 42.1 Å². The first-order chi connectivity index (χ1) is 52.8. The van der Waals surface area contributed by atoms with Gasteiger partial charge in [-0.3, -0.25) is 14.7 Å². The fourth-order valence-electron chi connectivity index (χ4n) is 10.6. The first kappa shape index (κ1) is 105. The summed E-state index contributed by atoms with van der Waals surface area (Å²) < 4.78 is 161. The summed E-state index contributed by atoms with van der Waals surface area (Å²) in [5.41, 5.74) is 3.51. The van der Waals surface area contributed by atoms with E-state index in [1.165, 1.54) is 84.3 Å². The van der Waals surface area contributed by atoms with Crippen molar-refractivity contribution in [3.63, 3.8) is 0 Å². The molecule has 12 rings (SSSR count). The number of ether oxygens (including phenoxy) is 1. The van der Waals surface area contributed by atoms with Gasteiger partial charge in [0.25, 0.3) is 5.69 Å². The first-order valence-corrected chi connectivity index (χ1v) is 47.4. The van der Waals surface area contributed by atoms with Gasteiger partial charge in [0, 0.05) is 110 Å². The molecule has 4 saturated heterocycles. The predicted molar refractivity (Wildman–Crippen MR) is 451 cm³/mol. The normalized spacial score (nSPS) is 19.0. The van der Waals surface area contributed by atoms with Crippen molar-refractivity contribution < 1.29 is 144 Å². The van der Waals surface area contributed by atoms with Crippen LogP contribution in [0.2, 0.25) is 0 Å². The molecule has 0 bridgehead atoms. The monoisotopic (exact) mass is 1810 g/mol. The molecular formula is C77H100N7Na2O20PS9. The third-order valence-electron chi connectivity index (χ3n) is 18.8. The second-order valence-electron chi connectivity index (χ2n) is 28.4. The summed E-state index contributed by atoms with van der Waals surface area (Å²) in [4.78, 5) is 9.69. The Morgan fingerprint density at radius 3 is 1.01 bits per heavy atom. The van der Waals surface area contributed by atoms with Gasteiger partial charge in [-0.1, -0.05) is 53.1 Å². The van der Waals surface area contributed by atoms with Gasteiger partial charge in [0.05, 0.1) is 41.5 Å². The second-order valence-corrected chi connectivity index (χ2v) is 44.6. The molecule has 0 aliphatic carbocycles. The van der Waals surface area contributed by atoms with Gasteiger partial charge in [-0.2, -0.15) is 69.4 Å². The molecule has 2 aromatic heterocycles. The molecule has 3 N–H and O–H groups in total. The molecule has 0 saturated carbocycles. The number of rotatable bonds is 12. The van der Waals surface area contributed by atoms with Crippen LogP contribution in [0.5, 0.6) is 23.0 Å². The Labute approximate surface area is 747 Å². The first-order valence-electron chi connectivity index (χ1n) is 35.5. The van der Waals surface area contributed by atoms with Crippen molar-refractivity contribution in [2.45, 2.75) is 171 Å². The van der Waals surface area contributed by atoms with E-state index < -0.39 is 55.2 Å². The predicted octanol–water partition coefficient (Wildman–Crippen LogP) is 7.05. The summed E-state index contributed by atoms with van der Waals surface area (Å²) in [7, 11) is -19.3. The molecule has 116 heavy (non-hydrogen) atoms. The van der Waals surface area contributed by atoms with E-state index in [9.17, 15) is 81.4 Å². The molecule has 4 aliphatic heterocycles. The molecule has 0 spiro atoms. The number of aromatic hydroxyl groups is 2. The largest absolute Gasteiger partial charge is 1.00 e. The molecule has 4 fully saturated rings. The SMILES string of the molecule is C[C@@H]1N(S(=O)(=O)c2ccc(O)cc2)CCSC1(C)C.C[C@@H]1N(S(=O)(=O)c2ccc(Oc3cc[n+]([O-])cc3)cc2)CCSC1(C)C.C[C@@H]1N(S(=O)(=O)c2ccc(P=O)cc2)CCSC1(C)C.C[C@@H]1NCCSC1(C)C.Cc1ccc(C)cc1.Cc1ccc(S(=O)(=O)[O-])cc1.O=S(=O)([O-])c1ccc(O)cc1.O=[N+]([O-])c1cc[n+]([O-])cc1.[Na+].[Na+]. The van der Waals surface area contributed by atoms with E-state index in [0.29, 0.717) is 56.7 Å². The van der Waals surface area contributed by atoms with Crippen LogP contribution in [0.3, 0.4) is 0 Å². The van der Waals surface area contributed by atoms with E-state index >= 15 is 0 Å². The summed E-state index contributed by atoms with van der Waals surface area (Å²) in [5.74, 6) is 4.66. The third kappa shape index (κ3) is 32.4. The zero-order valence-electron chi connectivity index (χ0n) is 68.0. The van der Waals surface area contributed by atoms with Crippen LogP contribution < -0.4 is 83.9 Å². The number of aromatic nitrogens is 2. The van der Waals surface area contributed by atoms with Crippen molar-refractivity contribution in [3.8, 4) is 23.0 Å². The van der Waals surface area contributed by atoms with Gasteiger partial charge >= 0.3 is 59.1 Å². The van der Waals surface area contributed by atoms with Crippen LogP contribution in [0, 0.1) is 41.3 Å². The van der Waals surface area contributed by atoms with Crippen molar-refractivity contribution in [1.29, 1.82) is 0 Å². The molecule has 0 radical (unpaired) electrons. The van der Waals surface area contributed by atoms with Crippen molar-refractivity contribution in [1.82, 2.24) is 18.2 Å². The Bertz CT molecular complexity index is 4930. The van der Waals surface area contributed by atoms with E-state index in [-0.39, 0.29) is 142 Å². The summed E-state index contributed by atoms with van der Waals surface area (Å²) >= 11 is 7.47. The minimum Gasteiger partial charge on any atom is -0.744 e. The molecule has 6 aromatic carbocycles. The number of thioether (sulfide) groups is 4. The number of hydrogen-bond acceptors (Lipinski definition) is 25. The summed E-state index contributed by atoms with van der Waals surface area (Å²) in [6.45, 7) is 33.9. The number of phenolic OH excluding ortho intramolecular Hbond substituents is 2. The Balaban J connectivity index is 0.000000353. The van der Waals surface area contributed by atoms with E-state index in [2.05, 4.69) is 118 Å². The van der Waals surface area contributed by atoms with Crippen molar-refractivity contribution in [2.24, 2.45) is 0 Å². The average Bonchev–Trinajstić information content (AvgIpc) is 0.781. The maximum Gasteiger partial charge on any atom is 1.00 e. The van der Waals surface area contributed by atoms with Crippen LogP contribution in [-0.2, 0) is 54.9 Å². The molecule has 4 aliphatic rings. The van der Waals surface area contributed by atoms with Gasteiger partial charge in [0.1, 0.15) is 43.2 Å². The number of nitro groups is 1. The Morgan fingerprint density at radius 1 is 0.440 bits per heavy atom. The van der Waals surface area contributed by atoms with E-state index in [1.807, 2.05) is 27.7 Å². The van der Waals surface area contributed by atoms with Gasteiger partial charge in [-0.05, 0) is 213 Å². The summed E-state index contributed by atoms with van der Waals surface area (Å²) in [5, 5.41) is 53.4. The maximum absolute atomic E-state index is 13.0. The minimum atomic E-state index is -4.38. The topological polar surface area (TPSA) is 402 Å². The van der Waals surface area contributed by atoms with Gasteiger partial charge < -0.3 is 39.8 Å². The number of hydrogen-bond donors (Lipinski definition) is 3. The Kier molecular flexibility index (Phi) is 42.0.